The van der Waals surface area contributed by atoms with Gasteiger partial charge < -0.3 is 19.3 Å². The lowest BCUT2D eigenvalue weighted by Gasteiger charge is -2.12. The molecule has 152 valence electrons. The molecule has 0 amide bonds. The Morgan fingerprint density at radius 3 is 1.93 bits per heavy atom. The van der Waals surface area contributed by atoms with E-state index >= 15 is 0 Å². The van der Waals surface area contributed by atoms with E-state index in [1.165, 1.54) is 32.4 Å². The van der Waals surface area contributed by atoms with E-state index in [2.05, 4.69) is 41.3 Å². The maximum absolute atomic E-state index is 11.8. The minimum absolute atomic E-state index is 0.194. The number of halogens is 2. The van der Waals surface area contributed by atoms with Crippen LogP contribution in [0.1, 0.15) is 21.5 Å². The van der Waals surface area contributed by atoms with Crippen LogP contribution in [0.2, 0.25) is 0 Å². The van der Waals surface area contributed by atoms with Gasteiger partial charge in [0.25, 0.3) is 0 Å². The van der Waals surface area contributed by atoms with Crippen LogP contribution in [0.3, 0.4) is 0 Å². The van der Waals surface area contributed by atoms with Crippen LogP contribution in [0.4, 0.5) is 0 Å². The van der Waals surface area contributed by atoms with Gasteiger partial charge in [0.15, 0.2) is 0 Å². The second-order valence-electron chi connectivity index (χ2n) is 5.65. The van der Waals surface area contributed by atoms with E-state index in [-0.39, 0.29) is 17.7 Å². The van der Waals surface area contributed by atoms with Gasteiger partial charge in [-0.2, -0.15) is 0 Å². The van der Waals surface area contributed by atoms with Crippen molar-refractivity contribution in [3.05, 3.63) is 67.6 Å². The molecule has 0 saturated heterocycles. The molecule has 2 aromatic carbocycles. The first kappa shape index (κ1) is 22.6. The molecule has 0 aliphatic carbocycles. The molecule has 29 heavy (non-hydrogen) atoms. The highest BCUT2D eigenvalue weighted by Crippen LogP contribution is 2.36. The van der Waals surface area contributed by atoms with Crippen molar-refractivity contribution >= 4 is 55.8 Å². The van der Waals surface area contributed by atoms with Gasteiger partial charge in [0, 0.05) is 0 Å². The summed E-state index contributed by atoms with van der Waals surface area (Å²) in [6, 6.07) is 9.67. The first-order valence-corrected chi connectivity index (χ1v) is 9.67. The van der Waals surface area contributed by atoms with Crippen molar-refractivity contribution in [3.8, 4) is 5.75 Å². The molecule has 2 rings (SSSR count). The highest BCUT2D eigenvalue weighted by Gasteiger charge is 2.20. The summed E-state index contributed by atoms with van der Waals surface area (Å²) in [7, 11) is 2.34. The molecule has 0 radical (unpaired) electrons. The smallest absolute Gasteiger partial charge is 0.345 e. The number of benzene rings is 2. The topological polar surface area (TPSA) is 99.1 Å². The molecule has 7 nitrogen and oxygen atoms in total. The van der Waals surface area contributed by atoms with E-state index in [0.717, 1.165) is 5.56 Å². The lowest BCUT2D eigenvalue weighted by Crippen LogP contribution is -2.15. The lowest BCUT2D eigenvalue weighted by molar-refractivity contribution is -0.143. The number of carbonyl (C=O) groups excluding carboxylic acids is 2. The molecule has 1 N–H and O–H groups in total. The van der Waals surface area contributed by atoms with Gasteiger partial charge in [0.2, 0.25) is 0 Å². The van der Waals surface area contributed by atoms with Crippen LogP contribution < -0.4 is 4.74 Å². The minimum atomic E-state index is -0.995. The van der Waals surface area contributed by atoms with Crippen molar-refractivity contribution in [1.29, 1.82) is 0 Å². The average molecular weight is 528 g/mol. The average Bonchev–Trinajstić information content (AvgIpc) is 2.70. The number of carboxylic acids is 1. The van der Waals surface area contributed by atoms with E-state index in [1.54, 1.807) is 24.3 Å². The molecule has 0 aliphatic heterocycles. The van der Waals surface area contributed by atoms with Gasteiger partial charge in [-0.05, 0) is 73.3 Å². The molecule has 9 heteroatoms. The van der Waals surface area contributed by atoms with Gasteiger partial charge in [-0.15, -0.1) is 0 Å². The Balaban J connectivity index is 2.24. The predicted molar refractivity (Wildman–Crippen MR) is 112 cm³/mol. The number of ether oxygens (including phenoxy) is 3. The van der Waals surface area contributed by atoms with E-state index in [0.29, 0.717) is 20.3 Å². The molecular weight excluding hydrogens is 512 g/mol. The van der Waals surface area contributed by atoms with E-state index in [9.17, 15) is 14.4 Å². The molecule has 0 heterocycles. The highest BCUT2D eigenvalue weighted by atomic mass is 79.9. The summed E-state index contributed by atoms with van der Waals surface area (Å²) in [6.07, 6.45) is 1.35. The Labute approximate surface area is 183 Å². The van der Waals surface area contributed by atoms with Crippen molar-refractivity contribution in [2.24, 2.45) is 0 Å². The number of hydrogen-bond acceptors (Lipinski definition) is 6. The second-order valence-corrected chi connectivity index (χ2v) is 7.35. The van der Waals surface area contributed by atoms with Crippen LogP contribution in [0.5, 0.6) is 5.75 Å². The zero-order valence-electron chi connectivity index (χ0n) is 15.4. The molecule has 0 atom stereocenters. The van der Waals surface area contributed by atoms with Gasteiger partial charge in [-0.25, -0.2) is 14.4 Å². The Bertz CT molecular complexity index is 924. The molecular formula is C20H16Br2O7. The van der Waals surface area contributed by atoms with Gasteiger partial charge in [0.1, 0.15) is 17.9 Å². The van der Waals surface area contributed by atoms with Crippen LogP contribution >= 0.6 is 31.9 Å². The zero-order valence-corrected chi connectivity index (χ0v) is 18.6. The maximum Gasteiger partial charge on any atom is 0.345 e. The van der Waals surface area contributed by atoms with E-state index < -0.39 is 17.9 Å². The monoisotopic (exact) mass is 526 g/mol. The van der Waals surface area contributed by atoms with Gasteiger partial charge in [-0.1, -0.05) is 12.1 Å². The number of rotatable bonds is 7. The molecule has 0 aliphatic rings. The van der Waals surface area contributed by atoms with Gasteiger partial charge in [-0.3, -0.25) is 0 Å². The fourth-order valence-corrected chi connectivity index (χ4v) is 3.74. The number of methoxy groups -OCH3 is 2. The first-order valence-electron chi connectivity index (χ1n) is 8.09. The molecule has 0 spiro atoms. The van der Waals surface area contributed by atoms with E-state index in [4.69, 9.17) is 9.84 Å². The third-order valence-corrected chi connectivity index (χ3v) is 4.90. The summed E-state index contributed by atoms with van der Waals surface area (Å²) in [5.74, 6) is -2.12. The third kappa shape index (κ3) is 5.91. The van der Waals surface area contributed by atoms with Crippen molar-refractivity contribution in [2.75, 3.05) is 14.2 Å². The fourth-order valence-electron chi connectivity index (χ4n) is 2.29. The molecule has 0 aromatic heterocycles. The van der Waals surface area contributed by atoms with Crippen LogP contribution in [0.15, 0.2) is 50.9 Å². The second kappa shape index (κ2) is 10.2. The Morgan fingerprint density at radius 1 is 0.966 bits per heavy atom. The quantitative estimate of drug-likeness (QED) is 0.249. The van der Waals surface area contributed by atoms with Crippen LogP contribution in [0, 0.1) is 0 Å². The first-order chi connectivity index (χ1) is 13.8. The van der Waals surface area contributed by atoms with Crippen molar-refractivity contribution in [3.63, 3.8) is 0 Å². The number of esters is 2. The van der Waals surface area contributed by atoms with Crippen molar-refractivity contribution < 1.29 is 33.7 Å². The Hall–Kier alpha value is -2.65. The van der Waals surface area contributed by atoms with E-state index in [1.807, 2.05) is 0 Å². The molecule has 2 aromatic rings. The molecule has 0 bridgehead atoms. The largest absolute Gasteiger partial charge is 0.487 e. The molecule has 0 fully saturated rings. The molecule has 0 saturated carbocycles. The summed E-state index contributed by atoms with van der Waals surface area (Å²) in [5, 5.41) is 8.94. The minimum Gasteiger partial charge on any atom is -0.487 e. The standard InChI is InChI=1S/C20H16Br2O7/c1-27-19(25)14(20(26)28-2)7-12-8-15(21)17(16(22)9-12)29-10-11-3-5-13(6-4-11)18(23)24/h3-9H,10H2,1-2H3,(H,23,24). The fraction of sp³-hybridized carbons (Fsp3) is 0.150. The predicted octanol–water partition coefficient (Wildman–Crippen LogP) is 4.22. The van der Waals surface area contributed by atoms with Crippen LogP contribution in [-0.4, -0.2) is 37.2 Å². The summed E-state index contributed by atoms with van der Waals surface area (Å²) in [5.41, 5.74) is 1.27. The normalized spacial score (nSPS) is 10.1. The number of hydrogen-bond donors (Lipinski definition) is 1. The summed E-state index contributed by atoms with van der Waals surface area (Å²) in [4.78, 5) is 34.5. The van der Waals surface area contributed by atoms with Crippen molar-refractivity contribution in [2.45, 2.75) is 6.61 Å². The number of aromatic carboxylic acids is 1. The van der Waals surface area contributed by atoms with Crippen LogP contribution in [0.25, 0.3) is 6.08 Å². The third-order valence-electron chi connectivity index (χ3n) is 3.73. The zero-order chi connectivity index (χ0) is 21.6. The maximum atomic E-state index is 11.8. The van der Waals surface area contributed by atoms with Gasteiger partial charge in [0.05, 0.1) is 28.7 Å². The molecule has 0 unspecified atom stereocenters. The number of carbonyl (C=O) groups is 3. The number of carboxylic acid groups (broad SMARTS) is 1. The summed E-state index contributed by atoms with van der Waals surface area (Å²) < 4.78 is 16.2. The van der Waals surface area contributed by atoms with Gasteiger partial charge >= 0.3 is 17.9 Å². The van der Waals surface area contributed by atoms with Crippen LogP contribution in [-0.2, 0) is 25.7 Å². The Morgan fingerprint density at radius 2 is 1.48 bits per heavy atom. The van der Waals surface area contributed by atoms with Crippen molar-refractivity contribution in [1.82, 2.24) is 0 Å². The SMILES string of the molecule is COC(=O)C(=Cc1cc(Br)c(OCc2ccc(C(=O)O)cc2)c(Br)c1)C(=O)OC. The summed E-state index contributed by atoms with van der Waals surface area (Å²) in [6.45, 7) is 0.210. The Kier molecular flexibility index (Phi) is 7.98. The summed E-state index contributed by atoms with van der Waals surface area (Å²) >= 11 is 6.81. The highest BCUT2D eigenvalue weighted by molar-refractivity contribution is 9.11. The lowest BCUT2D eigenvalue weighted by atomic mass is 10.1.